The Bertz CT molecular complexity index is 632. The van der Waals surface area contributed by atoms with E-state index in [1.54, 1.807) is 6.07 Å². The molecule has 110 valence electrons. The smallest absolute Gasteiger partial charge is 0.135 e. The van der Waals surface area contributed by atoms with Crippen molar-refractivity contribution < 1.29 is 4.74 Å². The quantitative estimate of drug-likeness (QED) is 0.938. The maximum Gasteiger partial charge on any atom is 0.135 e. The largest absolute Gasteiger partial charge is 0.378 e. The van der Waals surface area contributed by atoms with E-state index in [-0.39, 0.29) is 0 Å². The van der Waals surface area contributed by atoms with Gasteiger partial charge >= 0.3 is 0 Å². The van der Waals surface area contributed by atoms with Gasteiger partial charge in [0.2, 0.25) is 0 Å². The molecule has 0 unspecified atom stereocenters. The van der Waals surface area contributed by atoms with Gasteiger partial charge in [0, 0.05) is 19.2 Å². The summed E-state index contributed by atoms with van der Waals surface area (Å²) >= 11 is 12.2. The molecule has 2 heterocycles. The molecule has 1 aliphatic rings. The molecule has 1 aromatic carbocycles. The molecule has 1 aromatic heterocycles. The summed E-state index contributed by atoms with van der Waals surface area (Å²) in [6.07, 6.45) is 1.53. The van der Waals surface area contributed by atoms with Crippen molar-refractivity contribution in [2.45, 2.75) is 0 Å². The molecule has 3 rings (SSSR count). The summed E-state index contributed by atoms with van der Waals surface area (Å²) < 4.78 is 5.34. The monoisotopic (exact) mass is 324 g/mol. The van der Waals surface area contributed by atoms with Gasteiger partial charge in [-0.15, -0.1) is 0 Å². The number of rotatable bonds is 3. The first-order chi connectivity index (χ1) is 10.2. The minimum absolute atomic E-state index is 0.478. The van der Waals surface area contributed by atoms with E-state index in [4.69, 9.17) is 27.9 Å². The Morgan fingerprint density at radius 2 is 1.95 bits per heavy atom. The highest BCUT2D eigenvalue weighted by Crippen LogP contribution is 2.31. The lowest BCUT2D eigenvalue weighted by Gasteiger charge is -2.27. The Kier molecular flexibility index (Phi) is 4.43. The molecule has 5 nitrogen and oxygen atoms in total. The predicted molar refractivity (Wildman–Crippen MR) is 84.8 cm³/mol. The van der Waals surface area contributed by atoms with Crippen molar-refractivity contribution in [2.75, 3.05) is 36.5 Å². The van der Waals surface area contributed by atoms with Crippen molar-refractivity contribution >= 4 is 40.5 Å². The minimum atomic E-state index is 0.478. The molecule has 1 N–H and O–H groups in total. The third-order valence-corrected chi connectivity index (χ3v) is 4.02. The molecule has 0 spiro atoms. The lowest BCUT2D eigenvalue weighted by molar-refractivity contribution is 0.122. The number of hydrogen-bond donors (Lipinski definition) is 1. The second kappa shape index (κ2) is 6.47. The number of anilines is 3. The number of benzene rings is 1. The highest BCUT2D eigenvalue weighted by molar-refractivity contribution is 6.43. The molecule has 0 radical (unpaired) electrons. The average molecular weight is 325 g/mol. The van der Waals surface area contributed by atoms with E-state index in [9.17, 15) is 0 Å². The standard InChI is InChI=1S/C14H14Cl2N4O/c15-10-2-1-3-11(14(10)16)19-12-8-13(18-9-17-12)20-4-6-21-7-5-20/h1-3,8-9H,4-7H2,(H,17,18,19). The zero-order valence-electron chi connectivity index (χ0n) is 11.2. The maximum atomic E-state index is 6.17. The lowest BCUT2D eigenvalue weighted by Crippen LogP contribution is -2.36. The molecule has 0 saturated carbocycles. The molecular weight excluding hydrogens is 311 g/mol. The van der Waals surface area contributed by atoms with E-state index < -0.39 is 0 Å². The number of morpholine rings is 1. The second-order valence-corrected chi connectivity index (χ2v) is 5.37. The molecule has 7 heteroatoms. The van der Waals surface area contributed by atoms with E-state index in [2.05, 4.69) is 20.2 Å². The van der Waals surface area contributed by atoms with Gasteiger partial charge in [-0.05, 0) is 12.1 Å². The van der Waals surface area contributed by atoms with Crippen LogP contribution in [0.15, 0.2) is 30.6 Å². The first-order valence-electron chi connectivity index (χ1n) is 6.60. The zero-order valence-corrected chi connectivity index (χ0v) is 12.7. The fourth-order valence-corrected chi connectivity index (χ4v) is 2.47. The molecule has 0 atom stereocenters. The Hall–Kier alpha value is -1.56. The Morgan fingerprint density at radius 1 is 1.14 bits per heavy atom. The average Bonchev–Trinajstić information content (AvgIpc) is 2.53. The number of hydrogen-bond acceptors (Lipinski definition) is 5. The van der Waals surface area contributed by atoms with Gasteiger partial charge < -0.3 is 15.0 Å². The second-order valence-electron chi connectivity index (χ2n) is 4.59. The van der Waals surface area contributed by atoms with Crippen molar-refractivity contribution in [2.24, 2.45) is 0 Å². The van der Waals surface area contributed by atoms with Gasteiger partial charge in [-0.25, -0.2) is 9.97 Å². The van der Waals surface area contributed by atoms with Crippen LogP contribution in [0, 0.1) is 0 Å². The topological polar surface area (TPSA) is 50.3 Å². The van der Waals surface area contributed by atoms with Crippen LogP contribution in [-0.2, 0) is 4.74 Å². The van der Waals surface area contributed by atoms with Gasteiger partial charge in [0.1, 0.15) is 18.0 Å². The van der Waals surface area contributed by atoms with Gasteiger partial charge in [-0.3, -0.25) is 0 Å². The van der Waals surface area contributed by atoms with Crippen molar-refractivity contribution in [3.05, 3.63) is 40.6 Å². The fourth-order valence-electron chi connectivity index (χ4n) is 2.12. The molecule has 21 heavy (non-hydrogen) atoms. The van der Waals surface area contributed by atoms with Crippen LogP contribution in [0.25, 0.3) is 0 Å². The molecule has 0 aliphatic carbocycles. The van der Waals surface area contributed by atoms with Gasteiger partial charge in [-0.1, -0.05) is 29.3 Å². The number of nitrogens with zero attached hydrogens (tertiary/aromatic N) is 3. The molecule has 1 aliphatic heterocycles. The summed E-state index contributed by atoms with van der Waals surface area (Å²) in [5.74, 6) is 1.55. The maximum absolute atomic E-state index is 6.17. The molecule has 0 amide bonds. The normalized spacial score (nSPS) is 15.0. The van der Waals surface area contributed by atoms with Gasteiger partial charge in [0.25, 0.3) is 0 Å². The van der Waals surface area contributed by atoms with E-state index in [1.807, 2.05) is 18.2 Å². The van der Waals surface area contributed by atoms with Crippen molar-refractivity contribution in [1.82, 2.24) is 9.97 Å². The number of aromatic nitrogens is 2. The van der Waals surface area contributed by atoms with Crippen molar-refractivity contribution in [3.63, 3.8) is 0 Å². The third-order valence-electron chi connectivity index (χ3n) is 3.20. The van der Waals surface area contributed by atoms with Crippen LogP contribution in [0.3, 0.4) is 0 Å². The van der Waals surface area contributed by atoms with Crippen LogP contribution >= 0.6 is 23.2 Å². The third kappa shape index (κ3) is 3.37. The minimum Gasteiger partial charge on any atom is -0.378 e. The highest BCUT2D eigenvalue weighted by Gasteiger charge is 2.13. The predicted octanol–water partition coefficient (Wildman–Crippen LogP) is 3.36. The van der Waals surface area contributed by atoms with E-state index in [0.29, 0.717) is 29.1 Å². The van der Waals surface area contributed by atoms with Crippen LogP contribution in [0.5, 0.6) is 0 Å². The van der Waals surface area contributed by atoms with Crippen molar-refractivity contribution in [3.8, 4) is 0 Å². The molecule has 0 bridgehead atoms. The van der Waals surface area contributed by atoms with E-state index in [1.165, 1.54) is 6.33 Å². The Labute approximate surface area is 132 Å². The lowest BCUT2D eigenvalue weighted by atomic mass is 10.3. The van der Waals surface area contributed by atoms with Crippen LogP contribution < -0.4 is 10.2 Å². The van der Waals surface area contributed by atoms with Crippen molar-refractivity contribution in [1.29, 1.82) is 0 Å². The molecular formula is C14H14Cl2N4O. The van der Waals surface area contributed by atoms with Gasteiger partial charge in [0.05, 0.1) is 28.9 Å². The van der Waals surface area contributed by atoms with Gasteiger partial charge in [-0.2, -0.15) is 0 Å². The molecule has 2 aromatic rings. The van der Waals surface area contributed by atoms with E-state index >= 15 is 0 Å². The van der Waals surface area contributed by atoms with Gasteiger partial charge in [0.15, 0.2) is 0 Å². The summed E-state index contributed by atoms with van der Waals surface area (Å²) in [6, 6.07) is 7.32. The summed E-state index contributed by atoms with van der Waals surface area (Å²) in [4.78, 5) is 10.7. The number of ether oxygens (including phenoxy) is 1. The Balaban J connectivity index is 1.81. The zero-order chi connectivity index (χ0) is 14.7. The number of nitrogens with one attached hydrogen (secondary N) is 1. The SMILES string of the molecule is Clc1cccc(Nc2cc(N3CCOCC3)ncn2)c1Cl. The van der Waals surface area contributed by atoms with Crippen LogP contribution in [0.2, 0.25) is 10.0 Å². The van der Waals surface area contributed by atoms with Crippen LogP contribution in [-0.4, -0.2) is 36.3 Å². The first kappa shape index (κ1) is 14.4. The summed E-state index contributed by atoms with van der Waals surface area (Å²) in [6.45, 7) is 3.09. The van der Waals surface area contributed by atoms with Crippen LogP contribution in [0.1, 0.15) is 0 Å². The fraction of sp³-hybridized carbons (Fsp3) is 0.286. The molecule has 1 fully saturated rings. The summed E-state index contributed by atoms with van der Waals surface area (Å²) in [7, 11) is 0. The summed E-state index contributed by atoms with van der Waals surface area (Å²) in [5.41, 5.74) is 0.718. The highest BCUT2D eigenvalue weighted by atomic mass is 35.5. The molecule has 1 saturated heterocycles. The number of halogens is 2. The van der Waals surface area contributed by atoms with Crippen LogP contribution in [0.4, 0.5) is 17.3 Å². The first-order valence-corrected chi connectivity index (χ1v) is 7.35. The van der Waals surface area contributed by atoms with E-state index in [0.717, 1.165) is 24.6 Å². The summed E-state index contributed by atoms with van der Waals surface area (Å²) in [5, 5.41) is 4.15. The Morgan fingerprint density at radius 3 is 2.76 bits per heavy atom.